The van der Waals surface area contributed by atoms with Crippen molar-refractivity contribution in [3.05, 3.63) is 53.6 Å². The van der Waals surface area contributed by atoms with Gasteiger partial charge in [0, 0.05) is 32.0 Å². The lowest BCUT2D eigenvalue weighted by Gasteiger charge is -2.22. The number of nitrogens with zero attached hydrogens (tertiary/aromatic N) is 3. The van der Waals surface area contributed by atoms with Crippen molar-refractivity contribution < 1.29 is 9.90 Å². The molecule has 1 N–H and O–H groups in total. The third-order valence-electron chi connectivity index (χ3n) is 3.64. The van der Waals surface area contributed by atoms with Crippen LogP contribution in [-0.2, 0) is 24.4 Å². The van der Waals surface area contributed by atoms with E-state index in [9.17, 15) is 4.79 Å². The maximum atomic E-state index is 10.9. The fraction of sp³-hybridized carbons (Fsp3) is 0.412. The van der Waals surface area contributed by atoms with Crippen LogP contribution < -0.4 is 0 Å². The first-order valence-corrected chi connectivity index (χ1v) is 7.58. The highest BCUT2D eigenvalue weighted by Gasteiger charge is 2.12. The lowest BCUT2D eigenvalue weighted by Crippen LogP contribution is -2.27. The largest absolute Gasteiger partial charge is 0.481 e. The minimum absolute atomic E-state index is 0.138. The molecule has 0 aliphatic heterocycles. The number of carboxylic acids is 1. The Morgan fingerprint density at radius 3 is 2.86 bits per heavy atom. The van der Waals surface area contributed by atoms with Gasteiger partial charge >= 0.3 is 5.97 Å². The van der Waals surface area contributed by atoms with Crippen molar-refractivity contribution >= 4 is 5.97 Å². The van der Waals surface area contributed by atoms with Crippen LogP contribution in [0.15, 0.2) is 36.7 Å². The number of benzene rings is 1. The highest BCUT2D eigenvalue weighted by Crippen LogP contribution is 2.11. The SMILES string of the molecule is CCn1ccnc1CN(CCC(=O)O)Cc1cccc(C)c1. The van der Waals surface area contributed by atoms with Crippen LogP contribution in [0.2, 0.25) is 0 Å². The maximum Gasteiger partial charge on any atom is 0.304 e. The first kappa shape index (κ1) is 16.2. The Labute approximate surface area is 131 Å². The third kappa shape index (κ3) is 4.70. The fourth-order valence-corrected chi connectivity index (χ4v) is 2.52. The summed E-state index contributed by atoms with van der Waals surface area (Å²) in [6, 6.07) is 8.31. The smallest absolute Gasteiger partial charge is 0.304 e. The van der Waals surface area contributed by atoms with Gasteiger partial charge in [-0.2, -0.15) is 0 Å². The molecule has 0 atom stereocenters. The van der Waals surface area contributed by atoms with E-state index in [0.717, 1.165) is 18.9 Å². The van der Waals surface area contributed by atoms with Gasteiger partial charge in [-0.15, -0.1) is 0 Å². The minimum atomic E-state index is -0.770. The number of rotatable bonds is 8. The van der Waals surface area contributed by atoms with Gasteiger partial charge in [0.25, 0.3) is 0 Å². The molecule has 1 aromatic carbocycles. The number of carboxylic acid groups (broad SMARTS) is 1. The molecule has 5 nitrogen and oxygen atoms in total. The van der Waals surface area contributed by atoms with Crippen LogP contribution in [0.3, 0.4) is 0 Å². The van der Waals surface area contributed by atoms with Gasteiger partial charge in [0.15, 0.2) is 0 Å². The number of imidazole rings is 1. The summed E-state index contributed by atoms with van der Waals surface area (Å²) in [5.74, 6) is 0.202. The van der Waals surface area contributed by atoms with Crippen LogP contribution in [0.1, 0.15) is 30.3 Å². The average molecular weight is 301 g/mol. The molecule has 2 rings (SSSR count). The maximum absolute atomic E-state index is 10.9. The quantitative estimate of drug-likeness (QED) is 0.814. The van der Waals surface area contributed by atoms with E-state index < -0.39 is 5.97 Å². The van der Waals surface area contributed by atoms with Gasteiger partial charge in [-0.1, -0.05) is 29.8 Å². The first-order valence-electron chi connectivity index (χ1n) is 7.58. The summed E-state index contributed by atoms with van der Waals surface area (Å²) in [7, 11) is 0. The molecule has 0 radical (unpaired) electrons. The van der Waals surface area contributed by atoms with Crippen molar-refractivity contribution in [2.24, 2.45) is 0 Å². The molecular weight excluding hydrogens is 278 g/mol. The molecule has 22 heavy (non-hydrogen) atoms. The third-order valence-corrected chi connectivity index (χ3v) is 3.64. The van der Waals surface area contributed by atoms with Gasteiger partial charge in [-0.3, -0.25) is 9.69 Å². The summed E-state index contributed by atoms with van der Waals surface area (Å²) in [6.45, 7) is 6.90. The van der Waals surface area contributed by atoms with Crippen LogP contribution in [0.4, 0.5) is 0 Å². The summed E-state index contributed by atoms with van der Waals surface area (Å²) in [5.41, 5.74) is 2.41. The molecule has 0 spiro atoms. The van der Waals surface area contributed by atoms with Gasteiger partial charge in [-0.25, -0.2) is 4.98 Å². The van der Waals surface area contributed by atoms with Gasteiger partial charge in [0.05, 0.1) is 13.0 Å². The predicted molar refractivity (Wildman–Crippen MR) is 85.4 cm³/mol. The topological polar surface area (TPSA) is 58.4 Å². The zero-order valence-corrected chi connectivity index (χ0v) is 13.2. The Morgan fingerprint density at radius 2 is 2.18 bits per heavy atom. The van der Waals surface area contributed by atoms with Crippen molar-refractivity contribution in [2.45, 2.75) is 39.9 Å². The Hall–Kier alpha value is -2.14. The summed E-state index contributed by atoms with van der Waals surface area (Å²) < 4.78 is 2.09. The molecule has 0 fully saturated rings. The van der Waals surface area contributed by atoms with Crippen LogP contribution in [0.5, 0.6) is 0 Å². The number of hydrogen-bond donors (Lipinski definition) is 1. The zero-order chi connectivity index (χ0) is 15.9. The Bertz CT molecular complexity index is 622. The highest BCUT2D eigenvalue weighted by molar-refractivity contribution is 5.66. The van der Waals surface area contributed by atoms with E-state index in [0.29, 0.717) is 13.1 Å². The number of aromatic nitrogens is 2. The van der Waals surface area contributed by atoms with Crippen molar-refractivity contribution in [1.82, 2.24) is 14.5 Å². The number of aryl methyl sites for hydroxylation is 2. The first-order chi connectivity index (χ1) is 10.6. The molecular formula is C17H23N3O2. The van der Waals surface area contributed by atoms with Crippen LogP contribution in [0.25, 0.3) is 0 Å². The summed E-state index contributed by atoms with van der Waals surface area (Å²) in [4.78, 5) is 17.4. The zero-order valence-electron chi connectivity index (χ0n) is 13.2. The standard InChI is InChI=1S/C17H23N3O2/c1-3-20-10-8-18-16(20)13-19(9-7-17(21)22)12-15-6-4-5-14(2)11-15/h4-6,8,10-11H,3,7,9,12-13H2,1-2H3,(H,21,22). The highest BCUT2D eigenvalue weighted by atomic mass is 16.4. The molecule has 0 amide bonds. The van der Waals surface area contributed by atoms with E-state index in [-0.39, 0.29) is 6.42 Å². The number of hydrogen-bond acceptors (Lipinski definition) is 3. The molecule has 118 valence electrons. The molecule has 1 heterocycles. The lowest BCUT2D eigenvalue weighted by molar-refractivity contribution is -0.137. The van der Waals surface area contributed by atoms with E-state index in [2.05, 4.69) is 46.5 Å². The van der Waals surface area contributed by atoms with Gasteiger partial charge in [-0.05, 0) is 19.4 Å². The van der Waals surface area contributed by atoms with Gasteiger partial charge in [0.2, 0.25) is 0 Å². The monoisotopic (exact) mass is 301 g/mol. The Morgan fingerprint density at radius 1 is 1.36 bits per heavy atom. The minimum Gasteiger partial charge on any atom is -0.481 e. The Balaban J connectivity index is 2.10. The van der Waals surface area contributed by atoms with E-state index in [4.69, 9.17) is 5.11 Å². The summed E-state index contributed by atoms with van der Waals surface area (Å²) in [5, 5.41) is 8.95. The second-order valence-corrected chi connectivity index (χ2v) is 5.47. The second-order valence-electron chi connectivity index (χ2n) is 5.47. The summed E-state index contributed by atoms with van der Waals surface area (Å²) >= 11 is 0. The van der Waals surface area contributed by atoms with Crippen LogP contribution in [-0.4, -0.2) is 32.1 Å². The number of carbonyl (C=O) groups is 1. The molecule has 1 aromatic heterocycles. The molecule has 0 aliphatic carbocycles. The van der Waals surface area contributed by atoms with Gasteiger partial charge < -0.3 is 9.67 Å². The second kappa shape index (κ2) is 7.75. The van der Waals surface area contributed by atoms with Crippen molar-refractivity contribution in [2.75, 3.05) is 6.54 Å². The Kier molecular flexibility index (Phi) is 5.72. The van der Waals surface area contributed by atoms with Gasteiger partial charge in [0.1, 0.15) is 5.82 Å². The van der Waals surface area contributed by atoms with Crippen LogP contribution >= 0.6 is 0 Å². The fourth-order valence-electron chi connectivity index (χ4n) is 2.52. The van der Waals surface area contributed by atoms with Crippen molar-refractivity contribution in [3.63, 3.8) is 0 Å². The molecule has 0 bridgehead atoms. The molecule has 0 saturated heterocycles. The van der Waals surface area contributed by atoms with E-state index in [1.807, 2.05) is 12.3 Å². The molecule has 2 aromatic rings. The van der Waals surface area contributed by atoms with Crippen molar-refractivity contribution in [3.8, 4) is 0 Å². The lowest BCUT2D eigenvalue weighted by atomic mass is 10.1. The van der Waals surface area contributed by atoms with Crippen molar-refractivity contribution in [1.29, 1.82) is 0 Å². The van der Waals surface area contributed by atoms with E-state index in [1.54, 1.807) is 6.20 Å². The van der Waals surface area contributed by atoms with Crippen LogP contribution in [0, 0.1) is 6.92 Å². The van der Waals surface area contributed by atoms with E-state index in [1.165, 1.54) is 11.1 Å². The molecule has 0 saturated carbocycles. The molecule has 5 heteroatoms. The average Bonchev–Trinajstić information content (AvgIpc) is 2.92. The summed E-state index contributed by atoms with van der Waals surface area (Å²) in [6.07, 6.45) is 3.89. The van der Waals surface area contributed by atoms with E-state index >= 15 is 0 Å². The number of aliphatic carboxylic acids is 1. The normalized spacial score (nSPS) is 11.0. The molecule has 0 unspecified atom stereocenters. The molecule has 0 aliphatic rings. The predicted octanol–water partition coefficient (Wildman–Crippen LogP) is 2.69.